The second kappa shape index (κ2) is 8.66. The monoisotopic (exact) mass is 384 g/mol. The number of rotatable bonds is 7. The highest BCUT2D eigenvalue weighted by Crippen LogP contribution is 2.18. The lowest BCUT2D eigenvalue weighted by Gasteiger charge is -2.40. The molecule has 0 radical (unpaired) electrons. The minimum absolute atomic E-state index is 0.0151. The van der Waals surface area contributed by atoms with Gasteiger partial charge < -0.3 is 14.8 Å². The van der Waals surface area contributed by atoms with Crippen molar-refractivity contribution in [3.63, 3.8) is 0 Å². The van der Waals surface area contributed by atoms with E-state index in [-0.39, 0.29) is 11.4 Å². The highest BCUT2D eigenvalue weighted by Gasteiger charge is 2.28. The normalized spacial score (nSPS) is 16.1. The van der Waals surface area contributed by atoms with Crippen LogP contribution in [-0.4, -0.2) is 55.8 Å². The Morgan fingerprint density at radius 1 is 1.39 bits per heavy atom. The van der Waals surface area contributed by atoms with Crippen molar-refractivity contribution >= 4 is 21.8 Å². The van der Waals surface area contributed by atoms with Crippen LogP contribution in [0.25, 0.3) is 0 Å². The van der Waals surface area contributed by atoms with Crippen molar-refractivity contribution in [2.75, 3.05) is 39.5 Å². The fourth-order valence-corrected chi connectivity index (χ4v) is 2.88. The summed E-state index contributed by atoms with van der Waals surface area (Å²) in [5, 5.41) is 3.01. The van der Waals surface area contributed by atoms with Gasteiger partial charge in [-0.25, -0.2) is 0 Å². The molecule has 1 aromatic rings. The fourth-order valence-electron chi connectivity index (χ4n) is 2.50. The van der Waals surface area contributed by atoms with Gasteiger partial charge in [0.25, 0.3) is 0 Å². The van der Waals surface area contributed by atoms with Gasteiger partial charge in [-0.3, -0.25) is 9.69 Å². The first-order valence-corrected chi connectivity index (χ1v) is 8.74. The SMILES string of the molecule is CC(C)(CNC(=O)CCOc1cccc(Br)c1)N1CCOCC1. The van der Waals surface area contributed by atoms with E-state index >= 15 is 0 Å². The van der Waals surface area contributed by atoms with E-state index in [9.17, 15) is 4.79 Å². The van der Waals surface area contributed by atoms with Crippen LogP contribution in [0.15, 0.2) is 28.7 Å². The molecule has 1 saturated heterocycles. The third-order valence-corrected chi connectivity index (χ3v) is 4.47. The Balaban J connectivity index is 1.68. The summed E-state index contributed by atoms with van der Waals surface area (Å²) >= 11 is 3.39. The van der Waals surface area contributed by atoms with E-state index in [1.54, 1.807) is 0 Å². The average Bonchev–Trinajstić information content (AvgIpc) is 2.54. The average molecular weight is 385 g/mol. The van der Waals surface area contributed by atoms with Gasteiger partial charge in [0.2, 0.25) is 5.91 Å². The van der Waals surface area contributed by atoms with Crippen LogP contribution in [0.1, 0.15) is 20.3 Å². The number of hydrogen-bond donors (Lipinski definition) is 1. The lowest BCUT2D eigenvalue weighted by molar-refractivity contribution is -0.122. The summed E-state index contributed by atoms with van der Waals surface area (Å²) < 4.78 is 11.9. The summed E-state index contributed by atoms with van der Waals surface area (Å²) in [7, 11) is 0. The Kier molecular flexibility index (Phi) is 6.87. The molecule has 1 heterocycles. The topological polar surface area (TPSA) is 50.8 Å². The van der Waals surface area contributed by atoms with Crippen LogP contribution in [0, 0.1) is 0 Å². The molecule has 1 aromatic carbocycles. The number of nitrogens with zero attached hydrogens (tertiary/aromatic N) is 1. The number of halogens is 1. The van der Waals surface area contributed by atoms with Gasteiger partial charge >= 0.3 is 0 Å². The number of carbonyl (C=O) groups excluding carboxylic acids is 1. The summed E-state index contributed by atoms with van der Waals surface area (Å²) in [5.41, 5.74) is -0.0649. The number of morpholine rings is 1. The number of benzene rings is 1. The van der Waals surface area contributed by atoms with Crippen molar-refractivity contribution in [3.05, 3.63) is 28.7 Å². The van der Waals surface area contributed by atoms with Crippen LogP contribution < -0.4 is 10.1 Å². The Hall–Kier alpha value is -1.11. The number of hydrogen-bond acceptors (Lipinski definition) is 4. The molecule has 1 fully saturated rings. The van der Waals surface area contributed by atoms with Crippen molar-refractivity contribution in [2.45, 2.75) is 25.8 Å². The first-order valence-electron chi connectivity index (χ1n) is 7.95. The predicted octanol–water partition coefficient (Wildman–Crippen LogP) is 2.45. The third kappa shape index (κ3) is 6.12. The minimum Gasteiger partial charge on any atom is -0.493 e. The first-order chi connectivity index (χ1) is 11.0. The maximum absolute atomic E-state index is 12.0. The van der Waals surface area contributed by atoms with Crippen LogP contribution in [0.2, 0.25) is 0 Å². The van der Waals surface area contributed by atoms with E-state index < -0.39 is 0 Å². The van der Waals surface area contributed by atoms with Gasteiger partial charge in [0.1, 0.15) is 5.75 Å². The van der Waals surface area contributed by atoms with Crippen molar-refractivity contribution < 1.29 is 14.3 Å². The zero-order valence-corrected chi connectivity index (χ0v) is 15.4. The molecule has 1 N–H and O–H groups in total. The molecule has 128 valence electrons. The molecule has 2 rings (SSSR count). The van der Waals surface area contributed by atoms with Gasteiger partial charge in [-0.05, 0) is 32.0 Å². The van der Waals surface area contributed by atoms with Crippen molar-refractivity contribution in [2.24, 2.45) is 0 Å². The van der Waals surface area contributed by atoms with E-state index in [0.717, 1.165) is 36.5 Å². The summed E-state index contributed by atoms with van der Waals surface area (Å²) in [5.74, 6) is 0.780. The van der Waals surface area contributed by atoms with Gasteiger partial charge in [-0.2, -0.15) is 0 Å². The molecule has 0 aromatic heterocycles. The van der Waals surface area contributed by atoms with Gasteiger partial charge in [-0.1, -0.05) is 22.0 Å². The van der Waals surface area contributed by atoms with Crippen LogP contribution in [-0.2, 0) is 9.53 Å². The van der Waals surface area contributed by atoms with Gasteiger partial charge in [0, 0.05) is 29.6 Å². The molecule has 23 heavy (non-hydrogen) atoms. The Bertz CT molecular complexity index is 516. The second-order valence-corrected chi connectivity index (χ2v) is 7.16. The largest absolute Gasteiger partial charge is 0.493 e. The molecule has 0 spiro atoms. The molecule has 0 unspecified atom stereocenters. The molecule has 6 heteroatoms. The molecular formula is C17H25BrN2O3. The van der Waals surface area contributed by atoms with E-state index in [2.05, 4.69) is 40.0 Å². The summed E-state index contributed by atoms with van der Waals surface area (Å²) in [6, 6.07) is 7.61. The molecule has 0 aliphatic carbocycles. The maximum atomic E-state index is 12.0. The number of ether oxygens (including phenoxy) is 2. The lowest BCUT2D eigenvalue weighted by Crippen LogP contribution is -2.55. The van der Waals surface area contributed by atoms with Gasteiger partial charge in [-0.15, -0.1) is 0 Å². The predicted molar refractivity (Wildman–Crippen MR) is 93.7 cm³/mol. The standard InChI is InChI=1S/C17H25BrN2O3/c1-17(2,20-7-10-22-11-8-20)13-19-16(21)6-9-23-15-5-3-4-14(18)12-15/h3-5,12H,6-11,13H2,1-2H3,(H,19,21). The number of nitrogens with one attached hydrogen (secondary N) is 1. The highest BCUT2D eigenvalue weighted by molar-refractivity contribution is 9.10. The fraction of sp³-hybridized carbons (Fsp3) is 0.588. The zero-order valence-electron chi connectivity index (χ0n) is 13.8. The van der Waals surface area contributed by atoms with Gasteiger partial charge in [0.15, 0.2) is 0 Å². The summed E-state index contributed by atoms with van der Waals surface area (Å²) in [4.78, 5) is 14.3. The number of carbonyl (C=O) groups is 1. The van der Waals surface area contributed by atoms with Crippen molar-refractivity contribution in [3.8, 4) is 5.75 Å². The molecule has 0 bridgehead atoms. The molecule has 1 amide bonds. The smallest absolute Gasteiger partial charge is 0.223 e. The van der Waals surface area contributed by atoms with E-state index in [1.165, 1.54) is 0 Å². The van der Waals surface area contributed by atoms with Crippen LogP contribution >= 0.6 is 15.9 Å². The van der Waals surface area contributed by atoms with Crippen molar-refractivity contribution in [1.82, 2.24) is 10.2 Å². The lowest BCUT2D eigenvalue weighted by atomic mass is 10.0. The molecule has 0 saturated carbocycles. The van der Waals surface area contributed by atoms with Crippen molar-refractivity contribution in [1.29, 1.82) is 0 Å². The Morgan fingerprint density at radius 3 is 2.83 bits per heavy atom. The second-order valence-electron chi connectivity index (χ2n) is 6.24. The van der Waals surface area contributed by atoms with E-state index in [0.29, 0.717) is 19.6 Å². The quantitative estimate of drug-likeness (QED) is 0.784. The summed E-state index contributed by atoms with van der Waals surface area (Å²) in [6.07, 6.45) is 0.353. The van der Waals surface area contributed by atoms with Crippen LogP contribution in [0.4, 0.5) is 0 Å². The minimum atomic E-state index is -0.0649. The van der Waals surface area contributed by atoms with Crippen LogP contribution in [0.3, 0.4) is 0 Å². The molecule has 0 atom stereocenters. The zero-order chi connectivity index (χ0) is 16.7. The molecule has 5 nitrogen and oxygen atoms in total. The first kappa shape index (κ1) is 18.2. The molecule has 1 aliphatic heterocycles. The van der Waals surface area contributed by atoms with E-state index in [1.807, 2.05) is 24.3 Å². The molecular weight excluding hydrogens is 360 g/mol. The summed E-state index contributed by atoms with van der Waals surface area (Å²) in [6.45, 7) is 8.65. The Labute approximate surface area is 146 Å². The maximum Gasteiger partial charge on any atom is 0.223 e. The van der Waals surface area contributed by atoms with Gasteiger partial charge in [0.05, 0.1) is 26.2 Å². The third-order valence-electron chi connectivity index (χ3n) is 3.98. The molecule has 1 aliphatic rings. The van der Waals surface area contributed by atoms with Crippen LogP contribution in [0.5, 0.6) is 5.75 Å². The highest BCUT2D eigenvalue weighted by atomic mass is 79.9. The van der Waals surface area contributed by atoms with E-state index in [4.69, 9.17) is 9.47 Å². The Morgan fingerprint density at radius 2 is 2.13 bits per heavy atom. The number of amides is 1.